The van der Waals surface area contributed by atoms with Gasteiger partial charge < -0.3 is 14.3 Å². The van der Waals surface area contributed by atoms with Crippen molar-refractivity contribution in [1.29, 1.82) is 0 Å². The molecule has 1 heterocycles. The van der Waals surface area contributed by atoms with Crippen molar-refractivity contribution in [1.82, 2.24) is 0 Å². The fourth-order valence-electron chi connectivity index (χ4n) is 2.57. The van der Waals surface area contributed by atoms with E-state index in [1.165, 1.54) is 0 Å². The smallest absolute Gasteiger partial charge is 0.137 e. The van der Waals surface area contributed by atoms with Crippen LogP contribution in [0.5, 0.6) is 0 Å². The molecule has 0 N–H and O–H groups in total. The Kier molecular flexibility index (Phi) is 4.75. The van der Waals surface area contributed by atoms with Gasteiger partial charge in [0.05, 0.1) is 5.36 Å². The summed E-state index contributed by atoms with van der Waals surface area (Å²) in [6, 6.07) is 17.7. The van der Waals surface area contributed by atoms with E-state index in [4.69, 9.17) is 4.42 Å². The number of aliphatic carboxylic acids is 1. The minimum absolute atomic E-state index is 0.0172. The highest BCUT2D eigenvalue weighted by atomic mass is 16.4. The molecule has 122 valence electrons. The highest BCUT2D eigenvalue weighted by Crippen LogP contribution is 2.22. The van der Waals surface area contributed by atoms with Gasteiger partial charge in [-0.05, 0) is 37.5 Å². The van der Waals surface area contributed by atoms with E-state index in [0.717, 1.165) is 33.2 Å². The molecule has 0 bridgehead atoms. The second kappa shape index (κ2) is 7.13. The predicted molar refractivity (Wildman–Crippen MR) is 91.1 cm³/mol. The van der Waals surface area contributed by atoms with Crippen molar-refractivity contribution in [3.8, 4) is 11.3 Å². The van der Waals surface area contributed by atoms with E-state index in [0.29, 0.717) is 13.0 Å². The van der Waals surface area contributed by atoms with Crippen molar-refractivity contribution in [2.75, 3.05) is 6.54 Å². The molecule has 0 aliphatic rings. The highest BCUT2D eigenvalue weighted by molar-refractivity contribution is 5.79. The van der Waals surface area contributed by atoms with Crippen LogP contribution in [0.25, 0.3) is 22.3 Å². The number of hydrogen-bond donors (Lipinski definition) is 0. The van der Waals surface area contributed by atoms with E-state index in [9.17, 15) is 9.90 Å². The number of aryl methyl sites for hydroxylation is 1. The zero-order valence-electron chi connectivity index (χ0n) is 13.5. The van der Waals surface area contributed by atoms with Gasteiger partial charge in [0, 0.05) is 29.5 Å². The molecule has 0 spiro atoms. The molecule has 4 nitrogen and oxygen atoms in total. The lowest BCUT2D eigenvalue weighted by Crippen LogP contribution is -2.21. The van der Waals surface area contributed by atoms with E-state index in [1.54, 1.807) is 0 Å². The largest absolute Gasteiger partial charge is 0.550 e. The van der Waals surface area contributed by atoms with Crippen LogP contribution in [0.4, 0.5) is 0 Å². The zero-order chi connectivity index (χ0) is 16.9. The lowest BCUT2D eigenvalue weighted by Gasteiger charge is -2.06. The van der Waals surface area contributed by atoms with Crippen molar-refractivity contribution in [2.45, 2.75) is 19.8 Å². The number of carboxylic acids is 1. The van der Waals surface area contributed by atoms with Crippen LogP contribution in [-0.2, 0) is 4.79 Å². The van der Waals surface area contributed by atoms with Crippen LogP contribution in [0.3, 0.4) is 0 Å². The number of carboxylic acid groups (broad SMARTS) is 1. The molecule has 3 aromatic rings. The van der Waals surface area contributed by atoms with Crippen LogP contribution >= 0.6 is 0 Å². The Balaban J connectivity index is 2.08. The Labute approximate surface area is 140 Å². The summed E-state index contributed by atoms with van der Waals surface area (Å²) in [6.45, 7) is 2.45. The zero-order valence-corrected chi connectivity index (χ0v) is 13.5. The van der Waals surface area contributed by atoms with Gasteiger partial charge in [0.15, 0.2) is 0 Å². The Morgan fingerprint density at radius 2 is 1.92 bits per heavy atom. The molecular formula is C20H18NO3-. The maximum Gasteiger partial charge on any atom is 0.137 e. The predicted octanol–water partition coefficient (Wildman–Crippen LogP) is 2.84. The third kappa shape index (κ3) is 3.71. The molecule has 0 fully saturated rings. The first-order valence-corrected chi connectivity index (χ1v) is 7.94. The molecule has 0 aliphatic heterocycles. The lowest BCUT2D eigenvalue weighted by atomic mass is 10.1. The molecule has 24 heavy (non-hydrogen) atoms. The Morgan fingerprint density at radius 1 is 1.12 bits per heavy atom. The van der Waals surface area contributed by atoms with Gasteiger partial charge in [0.2, 0.25) is 0 Å². The molecule has 0 atom stereocenters. The summed E-state index contributed by atoms with van der Waals surface area (Å²) in [6.07, 6.45) is 0.478. The Bertz CT molecular complexity index is 927. The Hall–Kier alpha value is -2.88. The molecule has 0 unspecified atom stereocenters. The first-order valence-electron chi connectivity index (χ1n) is 7.94. The van der Waals surface area contributed by atoms with E-state index in [1.807, 2.05) is 61.5 Å². The molecule has 3 rings (SSSR count). The molecule has 0 amide bonds. The normalized spacial score (nSPS) is 11.8. The third-order valence-corrected chi connectivity index (χ3v) is 3.78. The van der Waals surface area contributed by atoms with Crippen molar-refractivity contribution in [3.05, 3.63) is 65.5 Å². The summed E-state index contributed by atoms with van der Waals surface area (Å²) < 4.78 is 6.05. The Morgan fingerprint density at radius 3 is 2.67 bits per heavy atom. The summed E-state index contributed by atoms with van der Waals surface area (Å²) >= 11 is 0. The van der Waals surface area contributed by atoms with Crippen LogP contribution in [0, 0.1) is 6.92 Å². The van der Waals surface area contributed by atoms with Crippen LogP contribution in [0.1, 0.15) is 18.4 Å². The number of carbonyl (C=O) groups excluding carboxylic acids is 1. The van der Waals surface area contributed by atoms with Crippen molar-refractivity contribution < 1.29 is 14.3 Å². The summed E-state index contributed by atoms with van der Waals surface area (Å²) in [4.78, 5) is 15.1. The monoisotopic (exact) mass is 320 g/mol. The van der Waals surface area contributed by atoms with Gasteiger partial charge in [-0.2, -0.15) is 0 Å². The summed E-state index contributed by atoms with van der Waals surface area (Å²) in [5.74, 6) is -0.300. The molecule has 4 heteroatoms. The van der Waals surface area contributed by atoms with Crippen molar-refractivity contribution in [3.63, 3.8) is 0 Å². The first kappa shape index (κ1) is 16.0. The summed E-state index contributed by atoms with van der Waals surface area (Å²) in [5.41, 5.74) is 2.86. The number of benzene rings is 2. The molecule has 0 saturated carbocycles. The second-order valence-electron chi connectivity index (χ2n) is 5.72. The van der Waals surface area contributed by atoms with Gasteiger partial charge in [0.25, 0.3) is 0 Å². The second-order valence-corrected chi connectivity index (χ2v) is 5.72. The fraction of sp³-hybridized carbons (Fsp3) is 0.200. The molecule has 1 aromatic heterocycles. The van der Waals surface area contributed by atoms with E-state index >= 15 is 0 Å². The quantitative estimate of drug-likeness (QED) is 0.679. The molecular weight excluding hydrogens is 302 g/mol. The lowest BCUT2D eigenvalue weighted by molar-refractivity contribution is -0.305. The van der Waals surface area contributed by atoms with Crippen LogP contribution in [0.2, 0.25) is 0 Å². The highest BCUT2D eigenvalue weighted by Gasteiger charge is 2.05. The molecule has 0 radical (unpaired) electrons. The SMILES string of the molecule is Cc1ccc2c(=NCCCC(=O)[O-])cc(-c3ccccc3)oc2c1. The van der Waals surface area contributed by atoms with Gasteiger partial charge in [-0.1, -0.05) is 36.4 Å². The van der Waals surface area contributed by atoms with Gasteiger partial charge in [0.1, 0.15) is 11.3 Å². The molecule has 0 aliphatic carbocycles. The molecule has 0 saturated heterocycles. The number of fused-ring (bicyclic) bond motifs is 1. The van der Waals surface area contributed by atoms with E-state index < -0.39 is 5.97 Å². The third-order valence-electron chi connectivity index (χ3n) is 3.78. The minimum atomic E-state index is -1.04. The number of carbonyl (C=O) groups is 1. The number of nitrogens with zero attached hydrogens (tertiary/aromatic N) is 1. The first-order chi connectivity index (χ1) is 11.6. The van der Waals surface area contributed by atoms with Crippen LogP contribution in [-0.4, -0.2) is 12.5 Å². The topological polar surface area (TPSA) is 65.6 Å². The minimum Gasteiger partial charge on any atom is -0.550 e. The van der Waals surface area contributed by atoms with Crippen molar-refractivity contribution in [2.24, 2.45) is 4.99 Å². The number of hydrogen-bond acceptors (Lipinski definition) is 4. The standard InChI is InChI=1S/C20H19NO3/c1-14-9-10-16-17(21-11-5-8-20(22)23)13-18(24-19(16)12-14)15-6-3-2-4-7-15/h2-4,6-7,9-10,12-13H,5,8,11H2,1H3,(H,22,23)/p-1. The maximum absolute atomic E-state index is 10.5. The maximum atomic E-state index is 10.5. The van der Waals surface area contributed by atoms with Gasteiger partial charge >= 0.3 is 0 Å². The van der Waals surface area contributed by atoms with Gasteiger partial charge in [-0.25, -0.2) is 0 Å². The molecule has 2 aromatic carbocycles. The van der Waals surface area contributed by atoms with E-state index in [-0.39, 0.29) is 6.42 Å². The summed E-state index contributed by atoms with van der Waals surface area (Å²) in [5, 5.41) is 12.3. The van der Waals surface area contributed by atoms with Crippen LogP contribution < -0.4 is 10.5 Å². The van der Waals surface area contributed by atoms with Crippen LogP contribution in [0.15, 0.2) is 64.0 Å². The average molecular weight is 320 g/mol. The number of rotatable bonds is 5. The average Bonchev–Trinajstić information content (AvgIpc) is 2.58. The van der Waals surface area contributed by atoms with Gasteiger partial charge in [-0.3, -0.25) is 4.99 Å². The fourth-order valence-corrected chi connectivity index (χ4v) is 2.57. The van der Waals surface area contributed by atoms with Gasteiger partial charge in [-0.15, -0.1) is 0 Å². The van der Waals surface area contributed by atoms with E-state index in [2.05, 4.69) is 4.99 Å². The van der Waals surface area contributed by atoms with Crippen molar-refractivity contribution >= 4 is 16.9 Å². The summed E-state index contributed by atoms with van der Waals surface area (Å²) in [7, 11) is 0.